The number of esters is 1. The van der Waals surface area contributed by atoms with E-state index in [4.69, 9.17) is 9.47 Å². The average molecular weight is 255 g/mol. The zero-order chi connectivity index (χ0) is 13.4. The quantitative estimate of drug-likeness (QED) is 0.437. The van der Waals surface area contributed by atoms with Gasteiger partial charge in [0.1, 0.15) is 6.04 Å². The first-order chi connectivity index (χ1) is 8.65. The monoisotopic (exact) mass is 255 g/mol. The van der Waals surface area contributed by atoms with Gasteiger partial charge in [-0.15, -0.1) is 6.58 Å². The summed E-state index contributed by atoms with van der Waals surface area (Å²) in [6.07, 6.45) is 3.72. The minimum Gasteiger partial charge on any atom is -0.464 e. The van der Waals surface area contributed by atoms with Crippen LogP contribution in [-0.4, -0.2) is 37.7 Å². The summed E-state index contributed by atoms with van der Waals surface area (Å²) < 4.78 is 10.2. The third-order valence-corrected chi connectivity index (χ3v) is 2.87. The molecule has 0 unspecified atom stereocenters. The number of rotatable bonds is 6. The van der Waals surface area contributed by atoms with Crippen LogP contribution >= 0.6 is 0 Å². The van der Waals surface area contributed by atoms with Crippen LogP contribution in [-0.2, 0) is 19.1 Å². The van der Waals surface area contributed by atoms with E-state index in [9.17, 15) is 9.59 Å². The van der Waals surface area contributed by atoms with E-state index in [2.05, 4.69) is 11.9 Å². The van der Waals surface area contributed by atoms with Gasteiger partial charge in [0.05, 0.1) is 6.61 Å². The number of hydrogen-bond acceptors (Lipinski definition) is 4. The summed E-state index contributed by atoms with van der Waals surface area (Å²) in [4.78, 5) is 23.4. The van der Waals surface area contributed by atoms with Crippen molar-refractivity contribution < 1.29 is 19.1 Å². The van der Waals surface area contributed by atoms with E-state index >= 15 is 0 Å². The zero-order valence-corrected chi connectivity index (χ0v) is 10.8. The lowest BCUT2D eigenvalue weighted by Gasteiger charge is -2.22. The summed E-state index contributed by atoms with van der Waals surface area (Å²) in [7, 11) is 0. The van der Waals surface area contributed by atoms with Crippen LogP contribution in [0.2, 0.25) is 0 Å². The van der Waals surface area contributed by atoms with Crippen molar-refractivity contribution in [3.8, 4) is 0 Å². The number of amides is 1. The fraction of sp³-hybridized carbons (Fsp3) is 0.692. The van der Waals surface area contributed by atoms with E-state index in [1.165, 1.54) is 0 Å². The summed E-state index contributed by atoms with van der Waals surface area (Å²) in [5.74, 6) is -0.550. The van der Waals surface area contributed by atoms with Crippen LogP contribution in [0.4, 0.5) is 0 Å². The van der Waals surface area contributed by atoms with E-state index in [0.717, 1.165) is 0 Å². The van der Waals surface area contributed by atoms with Gasteiger partial charge >= 0.3 is 5.97 Å². The molecule has 5 heteroatoms. The van der Waals surface area contributed by atoms with Gasteiger partial charge in [-0.05, 0) is 26.2 Å². The van der Waals surface area contributed by atoms with Gasteiger partial charge in [0.15, 0.2) is 0 Å². The summed E-state index contributed by atoms with van der Waals surface area (Å²) in [6.45, 7) is 6.69. The van der Waals surface area contributed by atoms with Crippen LogP contribution in [0, 0.1) is 5.92 Å². The highest BCUT2D eigenvalue weighted by molar-refractivity contribution is 5.85. The molecule has 0 bridgehead atoms. The molecule has 0 aromatic heterocycles. The molecule has 0 radical (unpaired) electrons. The molecule has 1 heterocycles. The molecule has 0 aromatic carbocycles. The van der Waals surface area contributed by atoms with Crippen molar-refractivity contribution in [2.75, 3.05) is 19.8 Å². The summed E-state index contributed by atoms with van der Waals surface area (Å²) in [5.41, 5.74) is 0. The predicted octanol–water partition coefficient (Wildman–Crippen LogP) is 1.04. The van der Waals surface area contributed by atoms with Crippen molar-refractivity contribution >= 4 is 11.9 Å². The highest BCUT2D eigenvalue weighted by Gasteiger charge is 2.25. The standard InChI is InChI=1S/C13H21NO4/c1-3-4-7-18-13(16)10(2)14-12(15)11-5-8-17-9-6-11/h3,10-11H,1,4-9H2,2H3,(H,14,15)/t10-/m0/s1. The largest absolute Gasteiger partial charge is 0.464 e. The van der Waals surface area contributed by atoms with Crippen molar-refractivity contribution in [2.24, 2.45) is 5.92 Å². The molecule has 1 aliphatic heterocycles. The fourth-order valence-electron chi connectivity index (χ4n) is 1.72. The summed E-state index contributed by atoms with van der Waals surface area (Å²) >= 11 is 0. The molecule has 1 atom stereocenters. The molecule has 0 spiro atoms. The van der Waals surface area contributed by atoms with Crippen LogP contribution in [0.15, 0.2) is 12.7 Å². The third-order valence-electron chi connectivity index (χ3n) is 2.87. The lowest BCUT2D eigenvalue weighted by molar-refractivity contribution is -0.148. The molecule has 0 saturated carbocycles. The number of carbonyl (C=O) groups is 2. The van der Waals surface area contributed by atoms with E-state index in [-0.39, 0.29) is 11.8 Å². The number of nitrogens with one attached hydrogen (secondary N) is 1. The maximum atomic E-state index is 11.9. The predicted molar refractivity (Wildman–Crippen MR) is 66.9 cm³/mol. The SMILES string of the molecule is C=CCCOC(=O)[C@H](C)NC(=O)C1CCOCC1. The summed E-state index contributed by atoms with van der Waals surface area (Å²) in [5, 5.41) is 2.68. The van der Waals surface area contributed by atoms with E-state index < -0.39 is 12.0 Å². The second-order valence-corrected chi connectivity index (χ2v) is 4.36. The first-order valence-corrected chi connectivity index (χ1v) is 6.30. The first kappa shape index (κ1) is 14.7. The Morgan fingerprint density at radius 3 is 2.78 bits per heavy atom. The van der Waals surface area contributed by atoms with Gasteiger partial charge in [0, 0.05) is 19.1 Å². The Kier molecular flexibility index (Phi) is 6.43. The second-order valence-electron chi connectivity index (χ2n) is 4.36. The first-order valence-electron chi connectivity index (χ1n) is 6.30. The fourth-order valence-corrected chi connectivity index (χ4v) is 1.72. The second kappa shape index (κ2) is 7.87. The van der Waals surface area contributed by atoms with Crippen LogP contribution in [0.1, 0.15) is 26.2 Å². The Labute approximate surface area is 108 Å². The number of hydrogen-bond donors (Lipinski definition) is 1. The average Bonchev–Trinajstić information content (AvgIpc) is 2.39. The molecule has 102 valence electrons. The van der Waals surface area contributed by atoms with E-state index in [1.807, 2.05) is 0 Å². The Morgan fingerprint density at radius 2 is 2.17 bits per heavy atom. The van der Waals surface area contributed by atoms with Crippen LogP contribution in [0.5, 0.6) is 0 Å². The maximum Gasteiger partial charge on any atom is 0.328 e. The van der Waals surface area contributed by atoms with Crippen LogP contribution in [0.25, 0.3) is 0 Å². The molecule has 1 amide bonds. The van der Waals surface area contributed by atoms with Crippen LogP contribution < -0.4 is 5.32 Å². The normalized spacial score (nSPS) is 17.8. The molecule has 0 aromatic rings. The minimum atomic E-state index is -0.606. The van der Waals surface area contributed by atoms with Crippen molar-refractivity contribution in [2.45, 2.75) is 32.2 Å². The van der Waals surface area contributed by atoms with Gasteiger partial charge in [-0.2, -0.15) is 0 Å². The van der Waals surface area contributed by atoms with Crippen molar-refractivity contribution in [3.05, 3.63) is 12.7 Å². The van der Waals surface area contributed by atoms with E-state index in [0.29, 0.717) is 39.1 Å². The highest BCUT2D eigenvalue weighted by Crippen LogP contribution is 2.14. The lowest BCUT2D eigenvalue weighted by atomic mass is 9.99. The highest BCUT2D eigenvalue weighted by atomic mass is 16.5. The van der Waals surface area contributed by atoms with Crippen molar-refractivity contribution in [3.63, 3.8) is 0 Å². The molecule has 0 aliphatic carbocycles. The molecule has 1 fully saturated rings. The maximum absolute atomic E-state index is 11.9. The number of carbonyl (C=O) groups excluding carboxylic acids is 2. The lowest BCUT2D eigenvalue weighted by Crippen LogP contribution is -2.43. The summed E-state index contributed by atoms with van der Waals surface area (Å²) in [6, 6.07) is -0.606. The van der Waals surface area contributed by atoms with Gasteiger partial charge in [-0.25, -0.2) is 4.79 Å². The van der Waals surface area contributed by atoms with Gasteiger partial charge < -0.3 is 14.8 Å². The molecule has 5 nitrogen and oxygen atoms in total. The zero-order valence-electron chi connectivity index (χ0n) is 10.8. The Morgan fingerprint density at radius 1 is 1.50 bits per heavy atom. The Hall–Kier alpha value is -1.36. The number of ether oxygens (including phenoxy) is 2. The molecule has 1 saturated heterocycles. The minimum absolute atomic E-state index is 0.0535. The van der Waals surface area contributed by atoms with Gasteiger partial charge in [0.25, 0.3) is 0 Å². The van der Waals surface area contributed by atoms with Gasteiger partial charge in [-0.3, -0.25) is 4.79 Å². The van der Waals surface area contributed by atoms with Crippen molar-refractivity contribution in [1.29, 1.82) is 0 Å². The molecule has 18 heavy (non-hydrogen) atoms. The Bertz CT molecular complexity index is 297. The molecule has 1 rings (SSSR count). The van der Waals surface area contributed by atoms with Crippen molar-refractivity contribution in [1.82, 2.24) is 5.32 Å². The third kappa shape index (κ3) is 4.87. The van der Waals surface area contributed by atoms with E-state index in [1.54, 1.807) is 13.0 Å². The molecular weight excluding hydrogens is 234 g/mol. The molecule has 1 aliphatic rings. The molecular formula is C13H21NO4. The van der Waals surface area contributed by atoms with Crippen LogP contribution in [0.3, 0.4) is 0 Å². The van der Waals surface area contributed by atoms with Gasteiger partial charge in [0.2, 0.25) is 5.91 Å². The smallest absolute Gasteiger partial charge is 0.328 e. The van der Waals surface area contributed by atoms with Gasteiger partial charge in [-0.1, -0.05) is 6.08 Å². The Balaban J connectivity index is 2.28. The molecule has 1 N–H and O–H groups in total. The topological polar surface area (TPSA) is 64.6 Å².